The molecule has 0 radical (unpaired) electrons. The molecule has 2 aromatic carbocycles. The van der Waals surface area contributed by atoms with Crippen molar-refractivity contribution in [2.45, 2.75) is 30.7 Å². The Balaban J connectivity index is 1.84. The molecule has 1 N–H and O–H groups in total. The average molecular weight is 380 g/mol. The number of rotatable bonds is 4. The first kappa shape index (κ1) is 18.8. The van der Waals surface area contributed by atoms with Gasteiger partial charge in [0.2, 0.25) is 9.84 Å². The molecule has 1 heterocycles. The van der Waals surface area contributed by atoms with Gasteiger partial charge in [0.15, 0.2) is 5.03 Å². The Hall–Kier alpha value is -2.99. The Kier molecular flexibility index (Phi) is 5.10. The van der Waals surface area contributed by atoms with Gasteiger partial charge in [-0.2, -0.15) is 0 Å². The molecule has 0 aliphatic carbocycles. The fourth-order valence-electron chi connectivity index (χ4n) is 2.71. The molecule has 0 saturated carbocycles. The molecule has 0 saturated heterocycles. The highest BCUT2D eigenvalue weighted by Gasteiger charge is 2.20. The number of hydrogen-bond acceptors (Lipinski definition) is 4. The zero-order chi connectivity index (χ0) is 19.6. The smallest absolute Gasteiger partial charge is 0.257 e. The van der Waals surface area contributed by atoms with E-state index in [4.69, 9.17) is 0 Å². The fraction of sp³-hybridized carbons (Fsp3) is 0.143. The third-order valence-electron chi connectivity index (χ3n) is 4.32. The van der Waals surface area contributed by atoms with E-state index in [1.165, 1.54) is 18.3 Å². The maximum absolute atomic E-state index is 12.6. The molecule has 1 aromatic heterocycles. The molecule has 0 aliphatic rings. The summed E-state index contributed by atoms with van der Waals surface area (Å²) in [6.45, 7) is 5.72. The number of hydrogen-bond donors (Lipinski definition) is 1. The number of carbonyl (C=O) groups excluding carboxylic acids is 1. The van der Waals surface area contributed by atoms with Gasteiger partial charge in [0.1, 0.15) is 0 Å². The summed E-state index contributed by atoms with van der Waals surface area (Å²) in [4.78, 5) is 16.7. The van der Waals surface area contributed by atoms with Crippen LogP contribution in [0.3, 0.4) is 0 Å². The predicted molar refractivity (Wildman–Crippen MR) is 105 cm³/mol. The van der Waals surface area contributed by atoms with Gasteiger partial charge in [-0.25, -0.2) is 13.4 Å². The van der Waals surface area contributed by atoms with Crippen molar-refractivity contribution in [2.75, 3.05) is 5.32 Å². The summed E-state index contributed by atoms with van der Waals surface area (Å²) in [5.74, 6) is -0.334. The van der Waals surface area contributed by atoms with E-state index < -0.39 is 9.84 Å². The van der Waals surface area contributed by atoms with Gasteiger partial charge in [0.05, 0.1) is 10.5 Å². The number of aromatic nitrogens is 1. The van der Waals surface area contributed by atoms with E-state index in [-0.39, 0.29) is 15.8 Å². The minimum Gasteiger partial charge on any atom is -0.321 e. The number of pyridine rings is 1. The first-order chi connectivity index (χ1) is 12.8. The van der Waals surface area contributed by atoms with Gasteiger partial charge in [-0.05, 0) is 56.2 Å². The number of sulfone groups is 1. The third kappa shape index (κ3) is 3.90. The van der Waals surface area contributed by atoms with Gasteiger partial charge in [0, 0.05) is 11.9 Å². The first-order valence-corrected chi connectivity index (χ1v) is 9.93. The molecule has 3 aromatic rings. The van der Waals surface area contributed by atoms with Crippen LogP contribution in [0.25, 0.3) is 0 Å². The molecule has 5 nitrogen and oxygen atoms in total. The molecular weight excluding hydrogens is 360 g/mol. The zero-order valence-corrected chi connectivity index (χ0v) is 16.2. The van der Waals surface area contributed by atoms with Gasteiger partial charge in [-0.3, -0.25) is 4.79 Å². The molecule has 0 spiro atoms. The normalized spacial score (nSPS) is 11.2. The number of anilines is 1. The van der Waals surface area contributed by atoms with Crippen molar-refractivity contribution in [1.82, 2.24) is 4.98 Å². The quantitative estimate of drug-likeness (QED) is 0.740. The van der Waals surface area contributed by atoms with Crippen molar-refractivity contribution in [2.24, 2.45) is 0 Å². The molecule has 0 aliphatic heterocycles. The van der Waals surface area contributed by atoms with E-state index in [9.17, 15) is 13.2 Å². The van der Waals surface area contributed by atoms with E-state index in [0.717, 1.165) is 22.4 Å². The Morgan fingerprint density at radius 1 is 0.889 bits per heavy atom. The lowest BCUT2D eigenvalue weighted by molar-refractivity contribution is 0.102. The van der Waals surface area contributed by atoms with E-state index >= 15 is 0 Å². The molecule has 6 heteroatoms. The maximum Gasteiger partial charge on any atom is 0.257 e. The molecule has 0 fully saturated rings. The van der Waals surface area contributed by atoms with Gasteiger partial charge >= 0.3 is 0 Å². The monoisotopic (exact) mass is 380 g/mol. The summed E-state index contributed by atoms with van der Waals surface area (Å²) in [5.41, 5.74) is 3.92. The van der Waals surface area contributed by atoms with Gasteiger partial charge < -0.3 is 5.32 Å². The van der Waals surface area contributed by atoms with Crippen molar-refractivity contribution >= 4 is 21.4 Å². The van der Waals surface area contributed by atoms with Crippen LogP contribution in [0.4, 0.5) is 5.69 Å². The number of para-hydroxylation sites is 1. The van der Waals surface area contributed by atoms with Crippen LogP contribution in [0.1, 0.15) is 27.0 Å². The summed E-state index contributed by atoms with van der Waals surface area (Å²) in [7, 11) is -3.71. The molecule has 0 unspecified atom stereocenters. The highest BCUT2D eigenvalue weighted by molar-refractivity contribution is 7.91. The maximum atomic E-state index is 12.6. The van der Waals surface area contributed by atoms with E-state index in [0.29, 0.717) is 5.56 Å². The van der Waals surface area contributed by atoms with Crippen LogP contribution in [-0.4, -0.2) is 19.3 Å². The minimum absolute atomic E-state index is 0.0880. The van der Waals surface area contributed by atoms with Crippen LogP contribution >= 0.6 is 0 Å². The van der Waals surface area contributed by atoms with Crippen molar-refractivity contribution in [3.8, 4) is 0 Å². The fourth-order valence-corrected chi connectivity index (χ4v) is 3.88. The van der Waals surface area contributed by atoms with Gasteiger partial charge in [-0.15, -0.1) is 0 Å². The van der Waals surface area contributed by atoms with Crippen molar-refractivity contribution < 1.29 is 13.2 Å². The van der Waals surface area contributed by atoms with Crippen LogP contribution in [0.2, 0.25) is 0 Å². The lowest BCUT2D eigenvalue weighted by Crippen LogP contribution is -2.14. The summed E-state index contributed by atoms with van der Waals surface area (Å²) < 4.78 is 25.3. The molecule has 1 amide bonds. The SMILES string of the molecule is Cc1ccc(S(=O)(=O)c2ccc(C(=O)Nc3c(C)cccc3C)cn2)cc1. The molecule has 0 bridgehead atoms. The van der Waals surface area contributed by atoms with Gasteiger partial charge in [0.25, 0.3) is 5.91 Å². The van der Waals surface area contributed by atoms with E-state index in [1.807, 2.05) is 39.0 Å². The largest absolute Gasteiger partial charge is 0.321 e. The molecule has 138 valence electrons. The van der Waals surface area contributed by atoms with Crippen molar-refractivity contribution in [3.63, 3.8) is 0 Å². The number of amides is 1. The minimum atomic E-state index is -3.71. The Morgan fingerprint density at radius 2 is 1.52 bits per heavy atom. The first-order valence-electron chi connectivity index (χ1n) is 8.44. The Morgan fingerprint density at radius 3 is 2.07 bits per heavy atom. The predicted octanol–water partition coefficient (Wildman–Crippen LogP) is 4.09. The second-order valence-electron chi connectivity index (χ2n) is 6.42. The average Bonchev–Trinajstić information content (AvgIpc) is 2.65. The number of benzene rings is 2. The molecule has 27 heavy (non-hydrogen) atoms. The lowest BCUT2D eigenvalue weighted by Gasteiger charge is -2.11. The van der Waals surface area contributed by atoms with E-state index in [1.54, 1.807) is 24.3 Å². The zero-order valence-electron chi connectivity index (χ0n) is 15.4. The highest BCUT2D eigenvalue weighted by Crippen LogP contribution is 2.22. The van der Waals surface area contributed by atoms with Crippen LogP contribution in [0, 0.1) is 20.8 Å². The highest BCUT2D eigenvalue weighted by atomic mass is 32.2. The number of aryl methyl sites for hydroxylation is 3. The summed E-state index contributed by atoms with van der Waals surface area (Å²) >= 11 is 0. The van der Waals surface area contributed by atoms with E-state index in [2.05, 4.69) is 10.3 Å². The summed E-state index contributed by atoms with van der Waals surface area (Å²) in [5, 5.41) is 2.77. The molecule has 0 atom stereocenters. The van der Waals surface area contributed by atoms with Crippen molar-refractivity contribution in [3.05, 3.63) is 83.0 Å². The van der Waals surface area contributed by atoms with Crippen LogP contribution in [-0.2, 0) is 9.84 Å². The van der Waals surface area contributed by atoms with Crippen LogP contribution < -0.4 is 5.32 Å². The number of carbonyl (C=O) groups is 1. The number of nitrogens with zero attached hydrogens (tertiary/aromatic N) is 1. The molecule has 3 rings (SSSR count). The van der Waals surface area contributed by atoms with Crippen LogP contribution in [0.5, 0.6) is 0 Å². The summed E-state index contributed by atoms with van der Waals surface area (Å²) in [6, 6.07) is 15.1. The second kappa shape index (κ2) is 7.32. The van der Waals surface area contributed by atoms with Gasteiger partial charge in [-0.1, -0.05) is 35.9 Å². The Labute approximate surface area is 159 Å². The second-order valence-corrected chi connectivity index (χ2v) is 8.32. The third-order valence-corrected chi connectivity index (χ3v) is 6.01. The van der Waals surface area contributed by atoms with Crippen LogP contribution in [0.15, 0.2) is 70.7 Å². The Bertz CT molecular complexity index is 1070. The molecular formula is C21H20N2O3S. The standard InChI is InChI=1S/C21H20N2O3S/c1-14-7-10-18(11-8-14)27(25,26)19-12-9-17(13-22-19)21(24)23-20-15(2)5-4-6-16(20)3/h4-13H,1-3H3,(H,23,24). The van der Waals surface area contributed by atoms with Crippen molar-refractivity contribution in [1.29, 1.82) is 0 Å². The topological polar surface area (TPSA) is 76.1 Å². The number of nitrogens with one attached hydrogen (secondary N) is 1. The summed E-state index contributed by atoms with van der Waals surface area (Å²) in [6.07, 6.45) is 1.28. The lowest BCUT2D eigenvalue weighted by atomic mass is 10.1.